The number of unbranched alkanes of at least 4 members (excludes halogenated alkanes) is 1. The molecule has 0 bridgehead atoms. The van der Waals surface area contributed by atoms with Crippen LogP contribution in [-0.2, 0) is 4.74 Å². The summed E-state index contributed by atoms with van der Waals surface area (Å²) in [6, 6.07) is 0. The van der Waals surface area contributed by atoms with Crippen molar-refractivity contribution in [3.05, 3.63) is 0 Å². The van der Waals surface area contributed by atoms with E-state index in [0.717, 1.165) is 38.4 Å². The highest BCUT2D eigenvalue weighted by atomic mass is 16.5. The molecular weight excluding hydrogens is 226 g/mol. The lowest BCUT2D eigenvalue weighted by Crippen LogP contribution is -2.43. The lowest BCUT2D eigenvalue weighted by atomic mass is 9.90. The number of rotatable bonds is 9. The van der Waals surface area contributed by atoms with Crippen molar-refractivity contribution in [1.82, 2.24) is 5.32 Å². The average Bonchev–Trinajstić information content (AvgIpc) is 2.43. The van der Waals surface area contributed by atoms with Crippen LogP contribution in [0.2, 0.25) is 0 Å². The SMILES string of the molecule is CNC(C)(CO)CCCCOCC1CCCCC1. The molecule has 1 aliphatic rings. The van der Waals surface area contributed by atoms with Crippen LogP contribution in [0.1, 0.15) is 58.3 Å². The molecule has 1 unspecified atom stereocenters. The van der Waals surface area contributed by atoms with Gasteiger partial charge < -0.3 is 15.2 Å². The van der Waals surface area contributed by atoms with Crippen molar-refractivity contribution in [3.8, 4) is 0 Å². The highest BCUT2D eigenvalue weighted by Gasteiger charge is 2.19. The topological polar surface area (TPSA) is 41.5 Å². The number of aliphatic hydroxyl groups excluding tert-OH is 1. The first-order valence-electron chi connectivity index (χ1n) is 7.58. The first kappa shape index (κ1) is 15.9. The van der Waals surface area contributed by atoms with Gasteiger partial charge in [0.25, 0.3) is 0 Å². The summed E-state index contributed by atoms with van der Waals surface area (Å²) in [7, 11) is 1.91. The maximum absolute atomic E-state index is 9.26. The van der Waals surface area contributed by atoms with E-state index in [4.69, 9.17) is 4.74 Å². The van der Waals surface area contributed by atoms with E-state index in [1.807, 2.05) is 7.05 Å². The van der Waals surface area contributed by atoms with E-state index >= 15 is 0 Å². The Morgan fingerprint density at radius 3 is 2.56 bits per heavy atom. The third-order valence-corrected chi connectivity index (χ3v) is 4.30. The molecule has 1 saturated carbocycles. The standard InChI is InChI=1S/C15H31NO2/c1-15(13-17,16-2)10-6-7-11-18-12-14-8-4-3-5-9-14/h14,16-17H,3-13H2,1-2H3. The maximum atomic E-state index is 9.26. The third-order valence-electron chi connectivity index (χ3n) is 4.30. The maximum Gasteiger partial charge on any atom is 0.0610 e. The van der Waals surface area contributed by atoms with Crippen molar-refractivity contribution in [2.75, 3.05) is 26.9 Å². The monoisotopic (exact) mass is 257 g/mol. The fourth-order valence-electron chi connectivity index (χ4n) is 2.61. The summed E-state index contributed by atoms with van der Waals surface area (Å²) in [6.45, 7) is 4.10. The molecule has 0 amide bonds. The molecule has 18 heavy (non-hydrogen) atoms. The zero-order chi connectivity index (χ0) is 13.3. The molecule has 1 rings (SSSR count). The lowest BCUT2D eigenvalue weighted by Gasteiger charge is -2.26. The van der Waals surface area contributed by atoms with Crippen LogP contribution in [0.4, 0.5) is 0 Å². The molecule has 0 radical (unpaired) electrons. The molecule has 0 aromatic rings. The number of aliphatic hydroxyl groups is 1. The summed E-state index contributed by atoms with van der Waals surface area (Å²) in [5.41, 5.74) is -0.122. The molecule has 1 fully saturated rings. The quantitative estimate of drug-likeness (QED) is 0.624. The fourth-order valence-corrected chi connectivity index (χ4v) is 2.61. The molecule has 108 valence electrons. The Bertz CT molecular complexity index is 199. The minimum Gasteiger partial charge on any atom is -0.394 e. The van der Waals surface area contributed by atoms with E-state index in [-0.39, 0.29) is 12.1 Å². The van der Waals surface area contributed by atoms with Crippen molar-refractivity contribution in [3.63, 3.8) is 0 Å². The van der Waals surface area contributed by atoms with Gasteiger partial charge in [0.1, 0.15) is 0 Å². The van der Waals surface area contributed by atoms with Gasteiger partial charge in [-0.2, -0.15) is 0 Å². The minimum atomic E-state index is -0.122. The Balaban J connectivity index is 1.95. The van der Waals surface area contributed by atoms with E-state index < -0.39 is 0 Å². The summed E-state index contributed by atoms with van der Waals surface area (Å²) < 4.78 is 5.77. The summed E-state index contributed by atoms with van der Waals surface area (Å²) in [5, 5.41) is 12.4. The van der Waals surface area contributed by atoms with Gasteiger partial charge in [-0.25, -0.2) is 0 Å². The van der Waals surface area contributed by atoms with Gasteiger partial charge in [-0.3, -0.25) is 0 Å². The van der Waals surface area contributed by atoms with Crippen molar-refractivity contribution < 1.29 is 9.84 Å². The van der Waals surface area contributed by atoms with Crippen LogP contribution in [0.5, 0.6) is 0 Å². The van der Waals surface area contributed by atoms with Gasteiger partial charge in [0.2, 0.25) is 0 Å². The number of nitrogens with one attached hydrogen (secondary N) is 1. The Morgan fingerprint density at radius 2 is 1.94 bits per heavy atom. The molecule has 1 atom stereocenters. The summed E-state index contributed by atoms with van der Waals surface area (Å²) in [6.07, 6.45) is 10.2. The summed E-state index contributed by atoms with van der Waals surface area (Å²) in [5.74, 6) is 0.818. The van der Waals surface area contributed by atoms with E-state index in [0.29, 0.717) is 0 Å². The number of hydrogen-bond donors (Lipinski definition) is 2. The second-order valence-electron chi connectivity index (χ2n) is 6.00. The van der Waals surface area contributed by atoms with Crippen molar-refractivity contribution in [2.45, 2.75) is 63.8 Å². The van der Waals surface area contributed by atoms with E-state index in [2.05, 4.69) is 12.2 Å². The van der Waals surface area contributed by atoms with E-state index in [1.165, 1.54) is 32.1 Å². The molecule has 0 aromatic carbocycles. The smallest absolute Gasteiger partial charge is 0.0610 e. The Morgan fingerprint density at radius 1 is 1.22 bits per heavy atom. The number of likely N-dealkylation sites (N-methyl/N-ethyl adjacent to an activating group) is 1. The zero-order valence-corrected chi connectivity index (χ0v) is 12.2. The predicted octanol–water partition coefficient (Wildman–Crippen LogP) is 2.72. The normalized spacial score (nSPS) is 20.8. The molecule has 1 aliphatic carbocycles. The molecule has 0 heterocycles. The van der Waals surface area contributed by atoms with E-state index in [1.54, 1.807) is 0 Å². The Labute approximate surface area is 112 Å². The van der Waals surface area contributed by atoms with Gasteiger partial charge in [0, 0.05) is 18.8 Å². The average molecular weight is 257 g/mol. The number of ether oxygens (including phenoxy) is 1. The molecule has 3 heteroatoms. The van der Waals surface area contributed by atoms with Crippen LogP contribution < -0.4 is 5.32 Å². The first-order valence-corrected chi connectivity index (χ1v) is 7.58. The summed E-state index contributed by atoms with van der Waals surface area (Å²) in [4.78, 5) is 0. The third kappa shape index (κ3) is 6.17. The second kappa shape index (κ2) is 8.89. The predicted molar refractivity (Wildman–Crippen MR) is 75.8 cm³/mol. The van der Waals surface area contributed by atoms with Gasteiger partial charge in [-0.1, -0.05) is 19.3 Å². The molecule has 0 aliphatic heterocycles. The fraction of sp³-hybridized carbons (Fsp3) is 1.00. The van der Waals surface area contributed by atoms with Crippen LogP contribution in [0, 0.1) is 5.92 Å². The molecule has 0 aromatic heterocycles. The highest BCUT2D eigenvalue weighted by molar-refractivity contribution is 4.79. The largest absolute Gasteiger partial charge is 0.394 e. The van der Waals surface area contributed by atoms with Crippen LogP contribution in [0.15, 0.2) is 0 Å². The van der Waals surface area contributed by atoms with Crippen molar-refractivity contribution >= 4 is 0 Å². The van der Waals surface area contributed by atoms with Gasteiger partial charge in [0.15, 0.2) is 0 Å². The van der Waals surface area contributed by atoms with Gasteiger partial charge >= 0.3 is 0 Å². The Kier molecular flexibility index (Phi) is 7.87. The van der Waals surface area contributed by atoms with E-state index in [9.17, 15) is 5.11 Å². The van der Waals surface area contributed by atoms with Gasteiger partial charge in [-0.05, 0) is 52.0 Å². The lowest BCUT2D eigenvalue weighted by molar-refractivity contribution is 0.0801. The van der Waals surface area contributed by atoms with Crippen LogP contribution >= 0.6 is 0 Å². The van der Waals surface area contributed by atoms with Gasteiger partial charge in [0.05, 0.1) is 6.61 Å². The van der Waals surface area contributed by atoms with Crippen molar-refractivity contribution in [2.24, 2.45) is 5.92 Å². The Hall–Kier alpha value is -0.120. The first-order chi connectivity index (χ1) is 8.70. The van der Waals surface area contributed by atoms with Crippen LogP contribution in [0.25, 0.3) is 0 Å². The molecule has 3 nitrogen and oxygen atoms in total. The molecule has 2 N–H and O–H groups in total. The minimum absolute atomic E-state index is 0.122. The zero-order valence-electron chi connectivity index (χ0n) is 12.2. The van der Waals surface area contributed by atoms with Gasteiger partial charge in [-0.15, -0.1) is 0 Å². The molecular formula is C15H31NO2. The number of hydrogen-bond acceptors (Lipinski definition) is 3. The van der Waals surface area contributed by atoms with Crippen LogP contribution in [0.3, 0.4) is 0 Å². The molecule has 0 saturated heterocycles. The molecule has 0 spiro atoms. The second-order valence-corrected chi connectivity index (χ2v) is 6.00. The summed E-state index contributed by atoms with van der Waals surface area (Å²) >= 11 is 0. The van der Waals surface area contributed by atoms with Crippen molar-refractivity contribution in [1.29, 1.82) is 0 Å². The van der Waals surface area contributed by atoms with Crippen LogP contribution in [-0.4, -0.2) is 37.5 Å². The highest BCUT2D eigenvalue weighted by Crippen LogP contribution is 2.23.